The lowest BCUT2D eigenvalue weighted by molar-refractivity contribution is -0.115. The van der Waals surface area contributed by atoms with Gasteiger partial charge in [0.1, 0.15) is 5.69 Å². The van der Waals surface area contributed by atoms with E-state index in [4.69, 9.17) is 0 Å². The van der Waals surface area contributed by atoms with Crippen molar-refractivity contribution in [3.63, 3.8) is 0 Å². The lowest BCUT2D eigenvalue weighted by Crippen LogP contribution is -2.23. The maximum Gasteiger partial charge on any atom is 0.237 e. The van der Waals surface area contributed by atoms with Crippen molar-refractivity contribution in [1.29, 1.82) is 0 Å². The Morgan fingerprint density at radius 1 is 0.903 bits per heavy atom. The highest BCUT2D eigenvalue weighted by atomic mass is 32.2. The zero-order valence-corrected chi connectivity index (χ0v) is 18.2. The van der Waals surface area contributed by atoms with Crippen LogP contribution in [0.5, 0.6) is 0 Å². The molecule has 1 amide bonds. The quantitative estimate of drug-likeness (QED) is 0.415. The fourth-order valence-electron chi connectivity index (χ4n) is 3.23. The van der Waals surface area contributed by atoms with Crippen LogP contribution in [0.1, 0.15) is 25.5 Å². The molecule has 0 saturated heterocycles. The summed E-state index contributed by atoms with van der Waals surface area (Å²) in [7, 11) is 0. The molecule has 7 heteroatoms. The van der Waals surface area contributed by atoms with Crippen molar-refractivity contribution in [1.82, 2.24) is 19.7 Å². The number of para-hydroxylation sites is 1. The van der Waals surface area contributed by atoms with Crippen molar-refractivity contribution in [2.45, 2.75) is 30.3 Å². The van der Waals surface area contributed by atoms with E-state index in [1.165, 1.54) is 11.8 Å². The first-order valence-corrected chi connectivity index (χ1v) is 11.0. The molecule has 4 rings (SSSR count). The lowest BCUT2D eigenvalue weighted by atomic mass is 10.1. The van der Waals surface area contributed by atoms with E-state index in [0.29, 0.717) is 11.0 Å². The van der Waals surface area contributed by atoms with Crippen LogP contribution in [0.15, 0.2) is 90.2 Å². The maximum atomic E-state index is 12.7. The fraction of sp³-hybridized carbons (Fsp3) is 0.167. The van der Waals surface area contributed by atoms with Gasteiger partial charge in [-0.3, -0.25) is 14.3 Å². The molecular weight excluding hydrogens is 406 g/mol. The molecule has 1 N–H and O–H groups in total. The van der Waals surface area contributed by atoms with Crippen LogP contribution in [-0.2, 0) is 4.79 Å². The van der Waals surface area contributed by atoms with Gasteiger partial charge in [-0.25, -0.2) is 0 Å². The van der Waals surface area contributed by atoms with Gasteiger partial charge in [-0.2, -0.15) is 0 Å². The van der Waals surface area contributed by atoms with Crippen LogP contribution in [0.25, 0.3) is 11.5 Å². The Morgan fingerprint density at radius 2 is 1.58 bits per heavy atom. The largest absolute Gasteiger partial charge is 0.325 e. The number of pyridine rings is 1. The van der Waals surface area contributed by atoms with E-state index in [2.05, 4.69) is 44.1 Å². The number of carbonyl (C=O) groups is 1. The predicted molar refractivity (Wildman–Crippen MR) is 124 cm³/mol. The number of aromatic nitrogens is 4. The standard InChI is InChI=1S/C24H23N5OS/c1-17(19-11-5-3-6-12-19)29-22(21-15-9-10-16-25-21)27-28-24(29)31-18(2)23(30)26-20-13-7-4-8-14-20/h3-18H,1-2H3,(H,26,30). The molecule has 0 aliphatic carbocycles. The van der Waals surface area contributed by atoms with Crippen molar-refractivity contribution < 1.29 is 4.79 Å². The molecule has 0 fully saturated rings. The van der Waals surface area contributed by atoms with Gasteiger partial charge < -0.3 is 5.32 Å². The Bertz CT molecular complexity index is 1130. The third kappa shape index (κ3) is 4.83. The molecule has 4 aromatic rings. The van der Waals surface area contributed by atoms with Crippen LogP contribution in [0, 0.1) is 0 Å². The molecule has 2 unspecified atom stereocenters. The fourth-order valence-corrected chi connectivity index (χ4v) is 4.16. The number of thioether (sulfide) groups is 1. The minimum absolute atomic E-state index is 0.0277. The van der Waals surface area contributed by atoms with Gasteiger partial charge in [0, 0.05) is 11.9 Å². The van der Waals surface area contributed by atoms with E-state index in [1.54, 1.807) is 6.20 Å². The second-order valence-corrected chi connectivity index (χ2v) is 8.40. The van der Waals surface area contributed by atoms with Gasteiger partial charge in [-0.05, 0) is 43.7 Å². The summed E-state index contributed by atoms with van der Waals surface area (Å²) in [6.45, 7) is 3.97. The Hall–Kier alpha value is -3.45. The maximum absolute atomic E-state index is 12.7. The first-order valence-electron chi connectivity index (χ1n) is 10.1. The smallest absolute Gasteiger partial charge is 0.237 e. The van der Waals surface area contributed by atoms with E-state index in [-0.39, 0.29) is 17.2 Å². The van der Waals surface area contributed by atoms with Gasteiger partial charge in [0.2, 0.25) is 5.91 Å². The summed E-state index contributed by atoms with van der Waals surface area (Å²) in [6, 6.07) is 25.3. The zero-order chi connectivity index (χ0) is 21.6. The molecule has 2 aromatic heterocycles. The van der Waals surface area contributed by atoms with Crippen LogP contribution in [0.3, 0.4) is 0 Å². The minimum atomic E-state index is -0.359. The molecule has 6 nitrogen and oxygen atoms in total. The normalized spacial score (nSPS) is 12.8. The van der Waals surface area contributed by atoms with E-state index >= 15 is 0 Å². The Labute approximate surface area is 185 Å². The molecule has 0 saturated carbocycles. The third-order valence-electron chi connectivity index (χ3n) is 4.92. The van der Waals surface area contributed by atoms with Crippen LogP contribution in [0.2, 0.25) is 0 Å². The molecule has 0 spiro atoms. The predicted octanol–water partition coefficient (Wildman–Crippen LogP) is 5.07. The van der Waals surface area contributed by atoms with Crippen molar-refractivity contribution in [3.05, 3.63) is 90.6 Å². The van der Waals surface area contributed by atoms with E-state index in [9.17, 15) is 4.79 Å². The summed E-state index contributed by atoms with van der Waals surface area (Å²) < 4.78 is 2.05. The van der Waals surface area contributed by atoms with Crippen molar-refractivity contribution >= 4 is 23.4 Å². The minimum Gasteiger partial charge on any atom is -0.325 e. The molecule has 2 atom stereocenters. The van der Waals surface area contributed by atoms with Crippen molar-refractivity contribution in [3.8, 4) is 11.5 Å². The Balaban J connectivity index is 1.64. The second kappa shape index (κ2) is 9.57. The van der Waals surface area contributed by atoms with Gasteiger partial charge in [0.25, 0.3) is 0 Å². The average molecular weight is 430 g/mol. The van der Waals surface area contributed by atoms with Gasteiger partial charge in [0.05, 0.1) is 11.3 Å². The highest BCUT2D eigenvalue weighted by Crippen LogP contribution is 2.32. The highest BCUT2D eigenvalue weighted by molar-refractivity contribution is 8.00. The molecular formula is C24H23N5OS. The number of anilines is 1. The topological polar surface area (TPSA) is 72.7 Å². The Kier molecular flexibility index (Phi) is 6.43. The average Bonchev–Trinajstić information content (AvgIpc) is 3.23. The summed E-state index contributed by atoms with van der Waals surface area (Å²) in [5.74, 6) is 0.590. The highest BCUT2D eigenvalue weighted by Gasteiger charge is 2.24. The summed E-state index contributed by atoms with van der Waals surface area (Å²) in [4.78, 5) is 17.2. The molecule has 0 bridgehead atoms. The third-order valence-corrected chi connectivity index (χ3v) is 5.98. The first kappa shape index (κ1) is 20.8. The molecule has 2 heterocycles. The van der Waals surface area contributed by atoms with E-state index < -0.39 is 0 Å². The molecule has 2 aromatic carbocycles. The van der Waals surface area contributed by atoms with E-state index in [0.717, 1.165) is 16.9 Å². The molecule has 0 aliphatic heterocycles. The van der Waals surface area contributed by atoms with Crippen molar-refractivity contribution in [2.75, 3.05) is 5.32 Å². The van der Waals surface area contributed by atoms with Gasteiger partial charge in [0.15, 0.2) is 11.0 Å². The number of rotatable bonds is 7. The summed E-state index contributed by atoms with van der Waals surface area (Å²) in [5.41, 5.74) is 2.64. The van der Waals surface area contributed by atoms with Crippen molar-refractivity contribution in [2.24, 2.45) is 0 Å². The van der Waals surface area contributed by atoms with Crippen LogP contribution in [0.4, 0.5) is 5.69 Å². The number of carbonyl (C=O) groups excluding carboxylic acids is 1. The Morgan fingerprint density at radius 3 is 2.26 bits per heavy atom. The number of amides is 1. The SMILES string of the molecule is CC(Sc1nnc(-c2ccccn2)n1C(C)c1ccccc1)C(=O)Nc1ccccc1. The summed E-state index contributed by atoms with van der Waals surface area (Å²) >= 11 is 1.39. The number of nitrogens with zero attached hydrogens (tertiary/aromatic N) is 4. The monoisotopic (exact) mass is 429 g/mol. The number of nitrogens with one attached hydrogen (secondary N) is 1. The lowest BCUT2D eigenvalue weighted by Gasteiger charge is -2.19. The number of hydrogen-bond donors (Lipinski definition) is 1. The van der Waals surface area contributed by atoms with Gasteiger partial charge >= 0.3 is 0 Å². The molecule has 0 aliphatic rings. The number of hydrogen-bond acceptors (Lipinski definition) is 5. The summed E-state index contributed by atoms with van der Waals surface area (Å²) in [5, 5.41) is 12.1. The van der Waals surface area contributed by atoms with Crippen LogP contribution < -0.4 is 5.32 Å². The number of benzene rings is 2. The van der Waals surface area contributed by atoms with E-state index in [1.807, 2.05) is 73.7 Å². The van der Waals surface area contributed by atoms with Crippen LogP contribution in [-0.4, -0.2) is 30.9 Å². The summed E-state index contributed by atoms with van der Waals surface area (Å²) in [6.07, 6.45) is 1.74. The van der Waals surface area contributed by atoms with Gasteiger partial charge in [-0.15, -0.1) is 10.2 Å². The van der Waals surface area contributed by atoms with Crippen LogP contribution >= 0.6 is 11.8 Å². The molecule has 31 heavy (non-hydrogen) atoms. The molecule has 0 radical (unpaired) electrons. The molecule has 156 valence electrons. The second-order valence-electron chi connectivity index (χ2n) is 7.09. The van der Waals surface area contributed by atoms with Gasteiger partial charge in [-0.1, -0.05) is 66.4 Å². The first-order chi connectivity index (χ1) is 15.1. The zero-order valence-electron chi connectivity index (χ0n) is 17.3.